The molecule has 3 rings (SSSR count). The van der Waals surface area contributed by atoms with E-state index in [4.69, 9.17) is 0 Å². The first-order valence-electron chi connectivity index (χ1n) is 8.85. The van der Waals surface area contributed by atoms with Gasteiger partial charge in [-0.05, 0) is 37.0 Å². The Morgan fingerprint density at radius 3 is 2.45 bits per heavy atom. The molecular weight excluding hydrogens is 411 g/mol. The van der Waals surface area contributed by atoms with Crippen LogP contribution in [0.1, 0.15) is 25.7 Å². The number of nitro groups is 1. The minimum Gasteiger partial charge on any atom is -0.379 e. The van der Waals surface area contributed by atoms with Gasteiger partial charge in [-0.15, -0.1) is 0 Å². The van der Waals surface area contributed by atoms with Crippen molar-refractivity contribution in [2.24, 2.45) is 5.92 Å². The van der Waals surface area contributed by atoms with Crippen molar-refractivity contribution in [3.63, 3.8) is 0 Å². The lowest BCUT2D eigenvalue weighted by atomic mass is 9.87. The highest BCUT2D eigenvalue weighted by Gasteiger charge is 2.35. The van der Waals surface area contributed by atoms with Gasteiger partial charge in [0.1, 0.15) is 5.69 Å². The Morgan fingerprint density at radius 1 is 1.17 bits per heavy atom. The van der Waals surface area contributed by atoms with Crippen molar-refractivity contribution in [2.45, 2.75) is 41.4 Å². The monoisotopic (exact) mass is 429 g/mol. The summed E-state index contributed by atoms with van der Waals surface area (Å²) in [6, 6.07) is 5.14. The number of nitrogens with zero attached hydrogens (tertiary/aromatic N) is 2. The Kier molecular flexibility index (Phi) is 5.78. The number of hydrogen-bond acceptors (Lipinski definition) is 6. The molecule has 0 spiro atoms. The average molecular weight is 429 g/mol. The maximum absolute atomic E-state index is 13.3. The standard InChI is InChI=1S/C18H18F3N3O4S/c19-17-10-14(5-8-22-17)29(27,28)13-1-2-15(16(9-13)24(25)26)23-11-12-3-6-18(20,21)7-4-12/h1-2,5,8-10,12,23H,3-4,6-7,11H2. The molecule has 0 amide bonds. The highest BCUT2D eigenvalue weighted by Crippen LogP contribution is 2.37. The molecule has 0 atom stereocenters. The predicted molar refractivity (Wildman–Crippen MR) is 98.1 cm³/mol. The second-order valence-corrected chi connectivity index (χ2v) is 8.88. The Bertz CT molecular complexity index is 1020. The van der Waals surface area contributed by atoms with E-state index in [9.17, 15) is 31.7 Å². The van der Waals surface area contributed by atoms with Gasteiger partial charge in [0, 0.05) is 37.7 Å². The summed E-state index contributed by atoms with van der Waals surface area (Å²) in [4.78, 5) is 13.2. The number of sulfone groups is 1. The van der Waals surface area contributed by atoms with Crippen LogP contribution in [0, 0.1) is 22.0 Å². The van der Waals surface area contributed by atoms with Crippen LogP contribution in [0.5, 0.6) is 0 Å². The van der Waals surface area contributed by atoms with Gasteiger partial charge in [-0.2, -0.15) is 4.39 Å². The molecular formula is C18H18F3N3O4S. The third kappa shape index (κ3) is 4.84. The molecule has 0 saturated heterocycles. The zero-order valence-electron chi connectivity index (χ0n) is 15.1. The largest absolute Gasteiger partial charge is 0.379 e. The number of halogens is 3. The second-order valence-electron chi connectivity index (χ2n) is 6.93. The molecule has 0 aliphatic heterocycles. The Labute approximate surface area is 165 Å². The second kappa shape index (κ2) is 7.97. The number of benzene rings is 1. The molecule has 1 aromatic heterocycles. The van der Waals surface area contributed by atoms with Crippen molar-refractivity contribution in [2.75, 3.05) is 11.9 Å². The van der Waals surface area contributed by atoms with E-state index in [1.807, 2.05) is 0 Å². The van der Waals surface area contributed by atoms with Gasteiger partial charge in [0.2, 0.25) is 21.7 Å². The summed E-state index contributed by atoms with van der Waals surface area (Å²) in [5, 5.41) is 14.3. The van der Waals surface area contributed by atoms with E-state index < -0.39 is 32.3 Å². The molecule has 7 nitrogen and oxygen atoms in total. The van der Waals surface area contributed by atoms with Crippen LogP contribution < -0.4 is 5.32 Å². The third-order valence-corrected chi connectivity index (χ3v) is 6.65. The summed E-state index contributed by atoms with van der Waals surface area (Å²) >= 11 is 0. The SMILES string of the molecule is O=[N+]([O-])c1cc(S(=O)(=O)c2ccnc(F)c2)ccc1NCC1CCC(F)(F)CC1. The summed E-state index contributed by atoms with van der Waals surface area (Å²) < 4.78 is 65.0. The van der Waals surface area contributed by atoms with Gasteiger partial charge in [-0.1, -0.05) is 0 Å². The van der Waals surface area contributed by atoms with Crippen molar-refractivity contribution in [3.8, 4) is 0 Å². The quantitative estimate of drug-likeness (QED) is 0.420. The van der Waals surface area contributed by atoms with Gasteiger partial charge in [0.25, 0.3) is 5.69 Å². The van der Waals surface area contributed by atoms with Crippen molar-refractivity contribution >= 4 is 21.2 Å². The van der Waals surface area contributed by atoms with Crippen LogP contribution in [0.2, 0.25) is 0 Å². The maximum atomic E-state index is 13.3. The molecule has 0 bridgehead atoms. The normalized spacial score (nSPS) is 17.1. The number of pyridine rings is 1. The van der Waals surface area contributed by atoms with E-state index in [2.05, 4.69) is 10.3 Å². The van der Waals surface area contributed by atoms with E-state index >= 15 is 0 Å². The number of hydrogen-bond donors (Lipinski definition) is 1. The van der Waals surface area contributed by atoms with Gasteiger partial charge < -0.3 is 5.32 Å². The van der Waals surface area contributed by atoms with Crippen LogP contribution in [-0.2, 0) is 9.84 Å². The summed E-state index contributed by atoms with van der Waals surface area (Å²) in [5.74, 6) is -3.71. The molecule has 0 radical (unpaired) electrons. The van der Waals surface area contributed by atoms with E-state index in [0.29, 0.717) is 12.8 Å². The fourth-order valence-electron chi connectivity index (χ4n) is 3.23. The Balaban J connectivity index is 1.81. The number of alkyl halides is 2. The van der Waals surface area contributed by atoms with Crippen LogP contribution in [0.4, 0.5) is 24.5 Å². The lowest BCUT2D eigenvalue weighted by Gasteiger charge is -2.28. The first-order valence-corrected chi connectivity index (χ1v) is 10.3. The van der Waals surface area contributed by atoms with Crippen molar-refractivity contribution in [1.82, 2.24) is 4.98 Å². The van der Waals surface area contributed by atoms with Gasteiger partial charge in [0.05, 0.1) is 14.7 Å². The summed E-state index contributed by atoms with van der Waals surface area (Å²) in [6.07, 6.45) is 1.14. The molecule has 0 unspecified atom stereocenters. The number of anilines is 1. The average Bonchev–Trinajstić information content (AvgIpc) is 2.67. The molecule has 1 heterocycles. The van der Waals surface area contributed by atoms with Gasteiger partial charge >= 0.3 is 0 Å². The highest BCUT2D eigenvalue weighted by molar-refractivity contribution is 7.91. The molecule has 1 aromatic carbocycles. The fourth-order valence-corrected chi connectivity index (χ4v) is 4.50. The van der Waals surface area contributed by atoms with Crippen LogP contribution in [0.15, 0.2) is 46.3 Å². The van der Waals surface area contributed by atoms with Crippen molar-refractivity contribution < 1.29 is 26.5 Å². The first kappa shape index (κ1) is 21.0. The lowest BCUT2D eigenvalue weighted by Crippen LogP contribution is -2.28. The molecule has 1 aliphatic rings. The molecule has 2 aromatic rings. The lowest BCUT2D eigenvalue weighted by molar-refractivity contribution is -0.384. The Hall–Kier alpha value is -2.69. The predicted octanol–water partition coefficient (Wildman–Crippen LogP) is 4.20. The van der Waals surface area contributed by atoms with Crippen molar-refractivity contribution in [3.05, 3.63) is 52.6 Å². The Morgan fingerprint density at radius 2 is 1.83 bits per heavy atom. The number of aromatic nitrogens is 1. The molecule has 156 valence electrons. The molecule has 11 heteroatoms. The minimum atomic E-state index is -4.18. The zero-order valence-corrected chi connectivity index (χ0v) is 16.0. The van der Waals surface area contributed by atoms with E-state index in [-0.39, 0.29) is 40.8 Å². The molecule has 29 heavy (non-hydrogen) atoms. The third-order valence-electron chi connectivity index (χ3n) is 4.90. The number of nitrogens with one attached hydrogen (secondary N) is 1. The van der Waals surface area contributed by atoms with Crippen LogP contribution >= 0.6 is 0 Å². The minimum absolute atomic E-state index is 0.0579. The van der Waals surface area contributed by atoms with Gasteiger partial charge in [-0.25, -0.2) is 22.2 Å². The van der Waals surface area contributed by atoms with Crippen molar-refractivity contribution in [1.29, 1.82) is 0 Å². The van der Waals surface area contributed by atoms with Crippen LogP contribution in [0.25, 0.3) is 0 Å². The molecule has 1 aliphatic carbocycles. The van der Waals surface area contributed by atoms with Crippen LogP contribution in [-0.4, -0.2) is 30.8 Å². The first-order chi connectivity index (χ1) is 13.6. The van der Waals surface area contributed by atoms with Gasteiger partial charge in [-0.3, -0.25) is 10.1 Å². The van der Waals surface area contributed by atoms with Gasteiger partial charge in [0.15, 0.2) is 0 Å². The van der Waals surface area contributed by atoms with Crippen LogP contribution in [0.3, 0.4) is 0 Å². The fraction of sp³-hybridized carbons (Fsp3) is 0.389. The maximum Gasteiger partial charge on any atom is 0.293 e. The zero-order chi connectivity index (χ0) is 21.2. The molecule has 1 fully saturated rings. The molecule has 1 saturated carbocycles. The topological polar surface area (TPSA) is 102 Å². The number of nitro benzene ring substituents is 1. The summed E-state index contributed by atoms with van der Waals surface area (Å²) in [7, 11) is -4.18. The van der Waals surface area contributed by atoms with E-state index in [1.165, 1.54) is 12.1 Å². The van der Waals surface area contributed by atoms with E-state index in [0.717, 1.165) is 24.4 Å². The summed E-state index contributed by atoms with van der Waals surface area (Å²) in [6.45, 7) is 0.262. The number of rotatable bonds is 6. The smallest absolute Gasteiger partial charge is 0.293 e. The summed E-state index contributed by atoms with van der Waals surface area (Å²) in [5.41, 5.74) is -0.381. The highest BCUT2D eigenvalue weighted by atomic mass is 32.2. The molecule has 1 N–H and O–H groups in total. The van der Waals surface area contributed by atoms with E-state index in [1.54, 1.807) is 0 Å².